The van der Waals surface area contributed by atoms with Gasteiger partial charge in [0.1, 0.15) is 0 Å². The molecule has 3 rings (SSSR count). The highest BCUT2D eigenvalue weighted by Crippen LogP contribution is 2.28. The van der Waals surface area contributed by atoms with Crippen LogP contribution >= 0.6 is 0 Å². The van der Waals surface area contributed by atoms with Gasteiger partial charge in [-0.15, -0.1) is 0 Å². The van der Waals surface area contributed by atoms with E-state index in [1.165, 1.54) is 11.3 Å². The van der Waals surface area contributed by atoms with Gasteiger partial charge in [-0.1, -0.05) is 12.2 Å². The zero-order valence-electron chi connectivity index (χ0n) is 12.6. The van der Waals surface area contributed by atoms with Crippen LogP contribution in [0.1, 0.15) is 18.9 Å². The van der Waals surface area contributed by atoms with Gasteiger partial charge in [0, 0.05) is 50.5 Å². The van der Waals surface area contributed by atoms with Crippen molar-refractivity contribution < 1.29 is 4.79 Å². The minimum atomic E-state index is 0.132. The summed E-state index contributed by atoms with van der Waals surface area (Å²) in [4.78, 5) is 16.3. The number of benzene rings is 1. The van der Waals surface area contributed by atoms with Crippen molar-refractivity contribution >= 4 is 17.3 Å². The van der Waals surface area contributed by atoms with Crippen molar-refractivity contribution in [2.45, 2.75) is 19.8 Å². The van der Waals surface area contributed by atoms with Crippen LogP contribution in [0.2, 0.25) is 0 Å². The number of rotatable bonds is 3. The normalized spacial score (nSPS) is 19.7. The van der Waals surface area contributed by atoms with Crippen molar-refractivity contribution in [1.82, 2.24) is 4.90 Å². The first-order valence-corrected chi connectivity index (χ1v) is 7.77. The van der Waals surface area contributed by atoms with E-state index in [0.717, 1.165) is 44.8 Å². The summed E-state index contributed by atoms with van der Waals surface area (Å²) in [5.41, 5.74) is 3.54. The molecule has 2 aliphatic rings. The Morgan fingerprint density at radius 1 is 1.19 bits per heavy atom. The van der Waals surface area contributed by atoms with Gasteiger partial charge in [0.05, 0.1) is 0 Å². The summed E-state index contributed by atoms with van der Waals surface area (Å²) < 4.78 is 0. The maximum absolute atomic E-state index is 11.4. The molecule has 1 aromatic carbocycles. The number of aryl methyl sites for hydroxylation is 1. The lowest BCUT2D eigenvalue weighted by Gasteiger charge is -2.36. The smallest absolute Gasteiger partial charge is 0.224 e. The first-order chi connectivity index (χ1) is 10.3. The van der Waals surface area contributed by atoms with E-state index in [0.29, 0.717) is 6.42 Å². The van der Waals surface area contributed by atoms with Gasteiger partial charge in [0.15, 0.2) is 0 Å². The first-order valence-electron chi connectivity index (χ1n) is 7.77. The first kappa shape index (κ1) is 14.1. The van der Waals surface area contributed by atoms with E-state index in [-0.39, 0.29) is 5.91 Å². The molecule has 21 heavy (non-hydrogen) atoms. The van der Waals surface area contributed by atoms with Gasteiger partial charge in [-0.2, -0.15) is 0 Å². The number of carbonyl (C=O) groups excluding carboxylic acids is 1. The maximum atomic E-state index is 11.4. The monoisotopic (exact) mass is 285 g/mol. The fourth-order valence-electron chi connectivity index (χ4n) is 3.01. The number of anilines is 2. The summed E-state index contributed by atoms with van der Waals surface area (Å²) in [7, 11) is 0. The fourth-order valence-corrected chi connectivity index (χ4v) is 3.01. The molecule has 0 spiro atoms. The average Bonchev–Trinajstić information content (AvgIpc) is 2.53. The Morgan fingerprint density at radius 2 is 2.00 bits per heavy atom. The Morgan fingerprint density at radius 3 is 2.76 bits per heavy atom. The second-order valence-corrected chi connectivity index (χ2v) is 5.75. The number of amides is 1. The topological polar surface area (TPSA) is 35.6 Å². The number of fused-ring (bicyclic) bond motifs is 1. The van der Waals surface area contributed by atoms with Gasteiger partial charge in [-0.25, -0.2) is 0 Å². The van der Waals surface area contributed by atoms with Gasteiger partial charge >= 0.3 is 0 Å². The fraction of sp³-hybridized carbons (Fsp3) is 0.471. The van der Waals surface area contributed by atoms with Gasteiger partial charge in [0.2, 0.25) is 5.91 Å². The molecule has 4 nitrogen and oxygen atoms in total. The van der Waals surface area contributed by atoms with Crippen molar-refractivity contribution in [3.63, 3.8) is 0 Å². The second kappa shape index (κ2) is 6.31. The van der Waals surface area contributed by atoms with E-state index in [1.807, 2.05) is 6.07 Å². The summed E-state index contributed by atoms with van der Waals surface area (Å²) >= 11 is 0. The van der Waals surface area contributed by atoms with Crippen molar-refractivity contribution in [1.29, 1.82) is 0 Å². The number of hydrogen-bond acceptors (Lipinski definition) is 3. The molecule has 0 unspecified atom stereocenters. The molecule has 1 fully saturated rings. The molecule has 1 aromatic rings. The Kier molecular flexibility index (Phi) is 4.25. The third kappa shape index (κ3) is 3.27. The van der Waals surface area contributed by atoms with Crippen LogP contribution in [-0.4, -0.2) is 43.5 Å². The van der Waals surface area contributed by atoms with Crippen molar-refractivity contribution in [3.05, 3.63) is 35.9 Å². The van der Waals surface area contributed by atoms with E-state index < -0.39 is 0 Å². The third-order valence-electron chi connectivity index (χ3n) is 4.32. The lowest BCUT2D eigenvalue weighted by molar-refractivity contribution is -0.116. The molecule has 1 N–H and O–H groups in total. The zero-order valence-corrected chi connectivity index (χ0v) is 12.6. The number of nitrogens with one attached hydrogen (secondary N) is 1. The number of allylic oxidation sites excluding steroid dienone is 1. The molecule has 112 valence electrons. The van der Waals surface area contributed by atoms with Crippen molar-refractivity contribution in [2.75, 3.05) is 42.9 Å². The second-order valence-electron chi connectivity index (χ2n) is 5.75. The Bertz CT molecular complexity index is 545. The Labute approximate surface area is 126 Å². The van der Waals surface area contributed by atoms with Crippen molar-refractivity contribution in [3.8, 4) is 0 Å². The van der Waals surface area contributed by atoms with Gasteiger partial charge in [-0.05, 0) is 37.1 Å². The number of carbonyl (C=O) groups is 1. The van der Waals surface area contributed by atoms with Crippen LogP contribution in [0.3, 0.4) is 0 Å². The summed E-state index contributed by atoms with van der Waals surface area (Å²) in [6, 6.07) is 6.43. The number of piperazine rings is 1. The van der Waals surface area contributed by atoms with Crippen LogP contribution in [0.25, 0.3) is 0 Å². The quantitative estimate of drug-likeness (QED) is 0.865. The standard InChI is InChI=1S/C17H23N3O/c1-2-3-8-19-9-11-20(12-10-19)15-5-6-16-14(13-15)4-7-17(21)18-16/h2-3,5-6,13H,4,7-12H2,1H3,(H,18,21). The minimum Gasteiger partial charge on any atom is -0.369 e. The highest BCUT2D eigenvalue weighted by molar-refractivity contribution is 5.94. The Balaban J connectivity index is 1.64. The minimum absolute atomic E-state index is 0.132. The van der Waals surface area contributed by atoms with Crippen LogP contribution in [-0.2, 0) is 11.2 Å². The predicted molar refractivity (Wildman–Crippen MR) is 86.9 cm³/mol. The molecule has 1 amide bonds. The average molecular weight is 285 g/mol. The highest BCUT2D eigenvalue weighted by Gasteiger charge is 2.19. The third-order valence-corrected chi connectivity index (χ3v) is 4.32. The van der Waals surface area contributed by atoms with Gasteiger partial charge < -0.3 is 10.2 Å². The molecule has 2 heterocycles. The van der Waals surface area contributed by atoms with Crippen LogP contribution in [0, 0.1) is 0 Å². The van der Waals surface area contributed by atoms with Crippen molar-refractivity contribution in [2.24, 2.45) is 0 Å². The van der Waals surface area contributed by atoms with E-state index in [1.54, 1.807) is 0 Å². The van der Waals surface area contributed by atoms with Crippen LogP contribution < -0.4 is 10.2 Å². The molecule has 0 atom stereocenters. The van der Waals surface area contributed by atoms with Crippen LogP contribution in [0.15, 0.2) is 30.4 Å². The van der Waals surface area contributed by atoms with Gasteiger partial charge in [0.25, 0.3) is 0 Å². The van der Waals surface area contributed by atoms with E-state index in [2.05, 4.69) is 46.3 Å². The molecule has 0 bridgehead atoms. The molecule has 1 saturated heterocycles. The number of nitrogens with zero attached hydrogens (tertiary/aromatic N) is 2. The Hall–Kier alpha value is -1.81. The van der Waals surface area contributed by atoms with Gasteiger partial charge in [-0.3, -0.25) is 9.69 Å². The summed E-state index contributed by atoms with van der Waals surface area (Å²) in [6.07, 6.45) is 5.80. The summed E-state index contributed by atoms with van der Waals surface area (Å²) in [5.74, 6) is 0.132. The molecule has 4 heteroatoms. The molecule has 0 aliphatic carbocycles. The highest BCUT2D eigenvalue weighted by atomic mass is 16.1. The van der Waals surface area contributed by atoms with E-state index in [9.17, 15) is 4.79 Å². The van der Waals surface area contributed by atoms with Crippen LogP contribution in [0.5, 0.6) is 0 Å². The molecule has 0 radical (unpaired) electrons. The largest absolute Gasteiger partial charge is 0.369 e. The lowest BCUT2D eigenvalue weighted by Crippen LogP contribution is -2.46. The molecule has 2 aliphatic heterocycles. The molecule has 0 aromatic heterocycles. The van der Waals surface area contributed by atoms with E-state index >= 15 is 0 Å². The molecule has 0 saturated carbocycles. The lowest BCUT2D eigenvalue weighted by atomic mass is 10.0. The molecular weight excluding hydrogens is 262 g/mol. The summed E-state index contributed by atoms with van der Waals surface area (Å²) in [6.45, 7) is 7.49. The zero-order chi connectivity index (χ0) is 14.7. The SMILES string of the molecule is CC=CCN1CCN(c2ccc3c(c2)CCC(=O)N3)CC1. The molecular formula is C17H23N3O. The van der Waals surface area contributed by atoms with E-state index in [4.69, 9.17) is 0 Å². The number of hydrogen-bond donors (Lipinski definition) is 1. The predicted octanol–water partition coefficient (Wildman–Crippen LogP) is 2.27. The maximum Gasteiger partial charge on any atom is 0.224 e. The van der Waals surface area contributed by atoms with Crippen LogP contribution in [0.4, 0.5) is 11.4 Å². The summed E-state index contributed by atoms with van der Waals surface area (Å²) in [5, 5.41) is 2.95.